The molecular weight excluding hydrogens is 366 g/mol. The molecule has 144 valence electrons. The van der Waals surface area contributed by atoms with Crippen molar-refractivity contribution in [2.24, 2.45) is 11.0 Å². The van der Waals surface area contributed by atoms with Crippen LogP contribution in [0.1, 0.15) is 25.0 Å². The van der Waals surface area contributed by atoms with E-state index in [2.05, 4.69) is 15.2 Å². The summed E-state index contributed by atoms with van der Waals surface area (Å²) < 4.78 is 27.5. The number of phenolic OH excluding ortho intramolecular Hbond substituents is 1. The highest BCUT2D eigenvalue weighted by Gasteiger charge is 2.28. The van der Waals surface area contributed by atoms with E-state index in [0.29, 0.717) is 5.56 Å². The quantitative estimate of drug-likeness (QED) is 0.498. The minimum Gasteiger partial charge on any atom is -0.508 e. The van der Waals surface area contributed by atoms with Crippen LogP contribution in [0.25, 0.3) is 0 Å². The molecule has 1 atom stereocenters. The number of benzene rings is 2. The van der Waals surface area contributed by atoms with Gasteiger partial charge in [0.15, 0.2) is 0 Å². The lowest BCUT2D eigenvalue weighted by Gasteiger charge is -2.20. The third-order valence-electron chi connectivity index (χ3n) is 3.84. The highest BCUT2D eigenvalue weighted by molar-refractivity contribution is 7.89. The highest BCUT2D eigenvalue weighted by atomic mass is 32.2. The fourth-order valence-electron chi connectivity index (χ4n) is 2.25. The van der Waals surface area contributed by atoms with Crippen LogP contribution in [-0.4, -0.2) is 31.7 Å². The maximum Gasteiger partial charge on any atom is 0.258 e. The van der Waals surface area contributed by atoms with Crippen molar-refractivity contribution in [1.29, 1.82) is 0 Å². The number of hydrogen-bond acceptors (Lipinski definition) is 5. The number of phenols is 1. The van der Waals surface area contributed by atoms with Crippen LogP contribution in [-0.2, 0) is 14.8 Å². The second kappa shape index (κ2) is 8.79. The number of aryl methyl sites for hydroxylation is 1. The van der Waals surface area contributed by atoms with Crippen LogP contribution < -0.4 is 10.1 Å². The Bertz CT molecular complexity index is 905. The largest absolute Gasteiger partial charge is 0.508 e. The van der Waals surface area contributed by atoms with Gasteiger partial charge in [-0.1, -0.05) is 31.5 Å². The summed E-state index contributed by atoms with van der Waals surface area (Å²) in [6.45, 7) is 5.34. The van der Waals surface area contributed by atoms with Crippen LogP contribution in [0, 0.1) is 12.8 Å². The lowest BCUT2D eigenvalue weighted by molar-refractivity contribution is -0.123. The minimum absolute atomic E-state index is 0.0964. The smallest absolute Gasteiger partial charge is 0.258 e. The number of hydrazone groups is 1. The highest BCUT2D eigenvalue weighted by Crippen LogP contribution is 2.13. The number of rotatable bonds is 7. The van der Waals surface area contributed by atoms with E-state index in [1.807, 2.05) is 6.92 Å². The Labute approximate surface area is 159 Å². The second-order valence-electron chi connectivity index (χ2n) is 6.48. The number of nitrogens with one attached hydrogen (secondary N) is 2. The van der Waals surface area contributed by atoms with E-state index in [9.17, 15) is 18.3 Å². The maximum atomic E-state index is 12.5. The Morgan fingerprint density at radius 2 is 1.67 bits per heavy atom. The van der Waals surface area contributed by atoms with Crippen molar-refractivity contribution in [3.63, 3.8) is 0 Å². The summed E-state index contributed by atoms with van der Waals surface area (Å²) >= 11 is 0. The Balaban J connectivity index is 2.08. The van der Waals surface area contributed by atoms with Crippen molar-refractivity contribution in [2.45, 2.75) is 31.7 Å². The third kappa shape index (κ3) is 5.90. The summed E-state index contributed by atoms with van der Waals surface area (Å²) in [5.74, 6) is -0.716. The molecule has 0 aliphatic carbocycles. The van der Waals surface area contributed by atoms with Gasteiger partial charge < -0.3 is 5.11 Å². The molecule has 0 fully saturated rings. The van der Waals surface area contributed by atoms with E-state index in [-0.39, 0.29) is 16.6 Å². The summed E-state index contributed by atoms with van der Waals surface area (Å²) in [6.07, 6.45) is 1.41. The van der Waals surface area contributed by atoms with Gasteiger partial charge in [0, 0.05) is 0 Å². The van der Waals surface area contributed by atoms with Crippen LogP contribution in [0.15, 0.2) is 58.5 Å². The molecule has 2 rings (SSSR count). The van der Waals surface area contributed by atoms with E-state index in [4.69, 9.17) is 0 Å². The van der Waals surface area contributed by atoms with Crippen LogP contribution in [0.4, 0.5) is 0 Å². The van der Waals surface area contributed by atoms with Crippen molar-refractivity contribution in [3.8, 4) is 5.75 Å². The number of sulfonamides is 1. The molecule has 2 aromatic rings. The monoisotopic (exact) mass is 389 g/mol. The topological polar surface area (TPSA) is 108 Å². The Morgan fingerprint density at radius 1 is 1.07 bits per heavy atom. The molecule has 0 aromatic heterocycles. The summed E-state index contributed by atoms with van der Waals surface area (Å²) in [4.78, 5) is 12.5. The van der Waals surface area contributed by atoms with Gasteiger partial charge in [0.2, 0.25) is 10.0 Å². The predicted molar refractivity (Wildman–Crippen MR) is 104 cm³/mol. The van der Waals surface area contributed by atoms with Crippen LogP contribution in [0.2, 0.25) is 0 Å². The first-order chi connectivity index (χ1) is 12.7. The van der Waals surface area contributed by atoms with E-state index < -0.39 is 22.0 Å². The van der Waals surface area contributed by atoms with Gasteiger partial charge in [0.05, 0.1) is 11.1 Å². The van der Waals surface area contributed by atoms with Gasteiger partial charge in [-0.25, -0.2) is 13.8 Å². The number of carbonyl (C=O) groups excluding carboxylic acids is 1. The molecule has 0 spiro atoms. The van der Waals surface area contributed by atoms with Gasteiger partial charge in [-0.2, -0.15) is 9.82 Å². The van der Waals surface area contributed by atoms with Gasteiger partial charge in [0.25, 0.3) is 5.91 Å². The fraction of sp³-hybridized carbons (Fsp3) is 0.263. The molecule has 2 aromatic carbocycles. The molecule has 1 amide bonds. The average molecular weight is 389 g/mol. The fourth-order valence-corrected chi connectivity index (χ4v) is 3.59. The van der Waals surface area contributed by atoms with E-state index in [1.165, 1.54) is 30.5 Å². The molecule has 0 saturated heterocycles. The van der Waals surface area contributed by atoms with E-state index >= 15 is 0 Å². The number of nitrogens with zero attached hydrogens (tertiary/aromatic N) is 1. The molecule has 0 radical (unpaired) electrons. The number of aromatic hydroxyl groups is 1. The van der Waals surface area contributed by atoms with Gasteiger partial charge in [-0.3, -0.25) is 4.79 Å². The Kier molecular flexibility index (Phi) is 6.70. The molecule has 8 heteroatoms. The zero-order valence-electron chi connectivity index (χ0n) is 15.4. The lowest BCUT2D eigenvalue weighted by atomic mass is 10.1. The van der Waals surface area contributed by atoms with Crippen LogP contribution in [0.5, 0.6) is 5.75 Å². The lowest BCUT2D eigenvalue weighted by Crippen LogP contribution is -2.48. The standard InChI is InChI=1S/C19H23N3O4S/c1-13(2)18(22-27(25,26)17-10-4-14(3)5-11-17)19(24)21-20-12-15-6-8-16(23)9-7-15/h4-13,18,22-23H,1-3H3,(H,21,24)/b20-12+/t18-/m1/s1. The molecule has 0 heterocycles. The first-order valence-electron chi connectivity index (χ1n) is 8.40. The first-order valence-corrected chi connectivity index (χ1v) is 9.88. The number of hydrogen-bond donors (Lipinski definition) is 3. The van der Waals surface area contributed by atoms with Crippen molar-refractivity contribution >= 4 is 22.1 Å². The predicted octanol–water partition coefficient (Wildman–Crippen LogP) is 2.15. The Hall–Kier alpha value is -2.71. The van der Waals surface area contributed by atoms with Gasteiger partial charge >= 0.3 is 0 Å². The van der Waals surface area contributed by atoms with E-state index in [0.717, 1.165) is 5.56 Å². The minimum atomic E-state index is -3.84. The third-order valence-corrected chi connectivity index (χ3v) is 5.30. The molecule has 0 saturated carbocycles. The second-order valence-corrected chi connectivity index (χ2v) is 8.20. The van der Waals surface area contributed by atoms with Crippen molar-refractivity contribution in [2.75, 3.05) is 0 Å². The molecule has 0 aliphatic heterocycles. The summed E-state index contributed by atoms with van der Waals surface area (Å²) in [5, 5.41) is 13.1. The van der Waals surface area contributed by atoms with Crippen molar-refractivity contribution in [3.05, 3.63) is 59.7 Å². The average Bonchev–Trinajstić information content (AvgIpc) is 2.61. The van der Waals surface area contributed by atoms with E-state index in [1.54, 1.807) is 38.1 Å². The normalized spacial score (nSPS) is 13.0. The molecule has 7 nitrogen and oxygen atoms in total. The molecule has 0 aliphatic rings. The molecule has 0 bridgehead atoms. The Morgan fingerprint density at radius 3 is 2.22 bits per heavy atom. The first kappa shape index (κ1) is 20.6. The molecule has 3 N–H and O–H groups in total. The number of carbonyl (C=O) groups is 1. The van der Waals surface area contributed by atoms with Gasteiger partial charge in [0.1, 0.15) is 11.8 Å². The van der Waals surface area contributed by atoms with Crippen LogP contribution >= 0.6 is 0 Å². The maximum absolute atomic E-state index is 12.5. The molecule has 0 unspecified atom stereocenters. The zero-order chi connectivity index (χ0) is 20.0. The summed E-state index contributed by atoms with van der Waals surface area (Å²) in [5.41, 5.74) is 3.97. The SMILES string of the molecule is Cc1ccc(S(=O)(=O)N[C@@H](C(=O)N/N=C/c2ccc(O)cc2)C(C)C)cc1. The van der Waals surface area contributed by atoms with Gasteiger partial charge in [-0.05, 0) is 54.8 Å². The van der Waals surface area contributed by atoms with Crippen molar-refractivity contribution < 1.29 is 18.3 Å². The molecule has 27 heavy (non-hydrogen) atoms. The zero-order valence-corrected chi connectivity index (χ0v) is 16.2. The summed E-state index contributed by atoms with van der Waals surface area (Å²) in [6, 6.07) is 11.7. The molecular formula is C19H23N3O4S. The van der Waals surface area contributed by atoms with Crippen LogP contribution in [0.3, 0.4) is 0 Å². The van der Waals surface area contributed by atoms with Crippen molar-refractivity contribution in [1.82, 2.24) is 10.1 Å². The summed E-state index contributed by atoms with van der Waals surface area (Å²) in [7, 11) is -3.84. The number of amides is 1. The van der Waals surface area contributed by atoms with Gasteiger partial charge in [-0.15, -0.1) is 0 Å².